The minimum Gasteiger partial charge on any atom is -0.504 e. The van der Waals surface area contributed by atoms with E-state index in [-0.39, 0.29) is 42.0 Å². The molecule has 0 saturated carbocycles. The van der Waals surface area contributed by atoms with Crippen LogP contribution in [0.2, 0.25) is 0 Å². The molecule has 0 radical (unpaired) electrons. The fourth-order valence-corrected chi connectivity index (χ4v) is 2.18. The van der Waals surface area contributed by atoms with Gasteiger partial charge in [0.2, 0.25) is 0 Å². The number of phenolic OH excluding ortho intramolecular Hbond substituents is 1. The minimum absolute atomic E-state index is 0. The number of nitrogens with one attached hydrogen (secondary N) is 1. The van der Waals surface area contributed by atoms with Gasteiger partial charge in [0.1, 0.15) is 6.61 Å². The van der Waals surface area contributed by atoms with Crippen molar-refractivity contribution in [3.8, 4) is 11.5 Å². The Bertz CT molecular complexity index is 558. The molecule has 0 aliphatic carbocycles. The summed E-state index contributed by atoms with van der Waals surface area (Å²) in [5.41, 5.74) is 0.406. The van der Waals surface area contributed by atoms with Gasteiger partial charge in [0.15, 0.2) is 11.5 Å². The molecular formula is C14H18ClNO5. The van der Waals surface area contributed by atoms with Crippen molar-refractivity contribution < 1.29 is 24.2 Å². The van der Waals surface area contributed by atoms with Crippen molar-refractivity contribution in [1.29, 1.82) is 0 Å². The number of hydrogen-bond acceptors (Lipinski definition) is 5. The number of halogens is 1. The van der Waals surface area contributed by atoms with Gasteiger partial charge in [0.25, 0.3) is 0 Å². The molecule has 1 heterocycles. The lowest BCUT2D eigenvalue weighted by Crippen LogP contribution is -2.46. The summed E-state index contributed by atoms with van der Waals surface area (Å²) in [4.78, 5) is 22.3. The molecule has 1 atom stereocenters. The van der Waals surface area contributed by atoms with E-state index in [1.807, 2.05) is 13.8 Å². The lowest BCUT2D eigenvalue weighted by Gasteiger charge is -2.38. The molecule has 1 aliphatic heterocycles. The smallest absolute Gasteiger partial charge is 0.407 e. The maximum absolute atomic E-state index is 11.4. The fourth-order valence-electron chi connectivity index (χ4n) is 2.18. The summed E-state index contributed by atoms with van der Waals surface area (Å²) in [5.74, 6) is -0.556. The van der Waals surface area contributed by atoms with Crippen LogP contribution in [-0.2, 0) is 9.53 Å². The number of rotatable bonds is 2. The molecule has 2 N–H and O–H groups in total. The van der Waals surface area contributed by atoms with Crippen LogP contribution in [0.5, 0.6) is 11.5 Å². The molecular weight excluding hydrogens is 298 g/mol. The summed E-state index contributed by atoms with van der Waals surface area (Å²) in [6.07, 6.45) is -0.488. The molecule has 116 valence electrons. The Kier molecular flexibility index (Phi) is 5.06. The quantitative estimate of drug-likeness (QED) is 0.647. The molecule has 1 saturated heterocycles. The Balaban J connectivity index is 0.00000220. The second-order valence-electron chi connectivity index (χ2n) is 5.46. The number of hydrogen-bond donors (Lipinski definition) is 2. The van der Waals surface area contributed by atoms with E-state index in [9.17, 15) is 14.7 Å². The van der Waals surface area contributed by atoms with Gasteiger partial charge >= 0.3 is 12.1 Å². The number of phenols is 1. The molecule has 0 spiro atoms. The zero-order valence-corrected chi connectivity index (χ0v) is 12.8. The highest BCUT2D eigenvalue weighted by molar-refractivity contribution is 5.85. The first-order valence-electron chi connectivity index (χ1n) is 6.24. The Hall–Kier alpha value is -1.95. The topological polar surface area (TPSA) is 84.9 Å². The number of alkyl carbamates (subject to hydrolysis) is 1. The molecule has 2 rings (SSSR count). The first-order chi connectivity index (χ1) is 9.29. The van der Waals surface area contributed by atoms with E-state index in [4.69, 9.17) is 9.47 Å². The fraction of sp³-hybridized carbons (Fsp3) is 0.429. The van der Waals surface area contributed by atoms with Crippen LogP contribution in [-0.4, -0.2) is 23.8 Å². The van der Waals surface area contributed by atoms with Gasteiger partial charge in [-0.2, -0.15) is 0 Å². The van der Waals surface area contributed by atoms with Crippen LogP contribution >= 0.6 is 12.4 Å². The number of carbonyl (C=O) groups excluding carboxylic acids is 2. The highest BCUT2D eigenvalue weighted by Gasteiger charge is 2.38. The van der Waals surface area contributed by atoms with Crippen LogP contribution < -0.4 is 10.1 Å². The number of benzene rings is 1. The Morgan fingerprint density at radius 1 is 1.48 bits per heavy atom. The largest absolute Gasteiger partial charge is 0.504 e. The van der Waals surface area contributed by atoms with Crippen LogP contribution in [0, 0.1) is 5.41 Å². The van der Waals surface area contributed by atoms with Gasteiger partial charge in [0.05, 0.1) is 6.04 Å². The maximum atomic E-state index is 11.4. The van der Waals surface area contributed by atoms with Crippen molar-refractivity contribution in [1.82, 2.24) is 5.32 Å². The summed E-state index contributed by atoms with van der Waals surface area (Å²) in [5, 5.41) is 12.6. The van der Waals surface area contributed by atoms with Gasteiger partial charge in [-0.3, -0.25) is 4.79 Å². The molecule has 1 aromatic rings. The lowest BCUT2D eigenvalue weighted by atomic mass is 9.80. The zero-order chi connectivity index (χ0) is 14.9. The van der Waals surface area contributed by atoms with E-state index >= 15 is 0 Å². The van der Waals surface area contributed by atoms with Crippen LogP contribution in [0.4, 0.5) is 4.79 Å². The summed E-state index contributed by atoms with van der Waals surface area (Å²) in [6.45, 7) is 5.45. The number of esters is 1. The first-order valence-corrected chi connectivity index (χ1v) is 6.24. The number of cyclic esters (lactones) is 1. The standard InChI is InChI=1S/C14H17NO5.ClH/c1-8(16)20-11-5-4-9(6-10(11)17)12-14(2,3)7-19-13(18)15-12;/h4-6,12,17H,7H2,1-3H3,(H,15,18);1H/t12-;/m1./s1. The average Bonchev–Trinajstić information content (AvgIpc) is 2.34. The minimum atomic E-state index is -0.507. The van der Waals surface area contributed by atoms with Gasteiger partial charge in [-0.15, -0.1) is 12.4 Å². The first kappa shape index (κ1) is 17.1. The van der Waals surface area contributed by atoms with Crippen molar-refractivity contribution in [2.75, 3.05) is 6.61 Å². The van der Waals surface area contributed by atoms with E-state index in [1.54, 1.807) is 6.07 Å². The van der Waals surface area contributed by atoms with Gasteiger partial charge in [-0.05, 0) is 17.7 Å². The van der Waals surface area contributed by atoms with Crippen molar-refractivity contribution in [2.24, 2.45) is 5.41 Å². The van der Waals surface area contributed by atoms with E-state index in [2.05, 4.69) is 5.32 Å². The Labute approximate surface area is 128 Å². The number of aromatic hydroxyl groups is 1. The number of ether oxygens (including phenoxy) is 2. The second-order valence-corrected chi connectivity index (χ2v) is 5.46. The zero-order valence-electron chi connectivity index (χ0n) is 12.0. The predicted molar refractivity (Wildman–Crippen MR) is 77.7 cm³/mol. The highest BCUT2D eigenvalue weighted by atomic mass is 35.5. The summed E-state index contributed by atoms with van der Waals surface area (Å²) >= 11 is 0. The van der Waals surface area contributed by atoms with E-state index in [1.165, 1.54) is 19.1 Å². The molecule has 7 heteroatoms. The van der Waals surface area contributed by atoms with Crippen LogP contribution in [0.1, 0.15) is 32.4 Å². The van der Waals surface area contributed by atoms with Gasteiger partial charge in [-0.1, -0.05) is 19.9 Å². The average molecular weight is 316 g/mol. The van der Waals surface area contributed by atoms with Crippen LogP contribution in [0.15, 0.2) is 18.2 Å². The SMILES string of the molecule is CC(=O)Oc1ccc([C@H]2NC(=O)OCC2(C)C)cc1O.Cl. The van der Waals surface area contributed by atoms with Crippen molar-refractivity contribution in [3.05, 3.63) is 23.8 Å². The molecule has 0 bridgehead atoms. The third-order valence-electron chi connectivity index (χ3n) is 3.19. The summed E-state index contributed by atoms with van der Waals surface area (Å²) in [6, 6.07) is 4.40. The van der Waals surface area contributed by atoms with E-state index in [0.717, 1.165) is 5.56 Å². The lowest BCUT2D eigenvalue weighted by molar-refractivity contribution is -0.132. The van der Waals surface area contributed by atoms with Crippen molar-refractivity contribution in [2.45, 2.75) is 26.8 Å². The normalized spacial score (nSPS) is 19.8. The predicted octanol–water partition coefficient (Wildman–Crippen LogP) is 2.55. The summed E-state index contributed by atoms with van der Waals surface area (Å²) in [7, 11) is 0. The molecule has 6 nitrogen and oxygen atoms in total. The molecule has 21 heavy (non-hydrogen) atoms. The molecule has 0 unspecified atom stereocenters. The van der Waals surface area contributed by atoms with Gasteiger partial charge in [-0.25, -0.2) is 4.79 Å². The molecule has 0 aromatic heterocycles. The number of amides is 1. The van der Waals surface area contributed by atoms with Gasteiger partial charge < -0.3 is 19.9 Å². The molecule has 1 aliphatic rings. The third-order valence-corrected chi connectivity index (χ3v) is 3.19. The van der Waals surface area contributed by atoms with Gasteiger partial charge in [0, 0.05) is 12.3 Å². The second kappa shape index (κ2) is 6.22. The highest BCUT2D eigenvalue weighted by Crippen LogP contribution is 2.39. The molecule has 1 fully saturated rings. The third kappa shape index (κ3) is 3.78. The Morgan fingerprint density at radius 2 is 2.14 bits per heavy atom. The molecule has 1 aromatic carbocycles. The van der Waals surface area contributed by atoms with Crippen molar-refractivity contribution in [3.63, 3.8) is 0 Å². The monoisotopic (exact) mass is 315 g/mol. The summed E-state index contributed by atoms with van der Waals surface area (Å²) < 4.78 is 9.83. The van der Waals surface area contributed by atoms with E-state index < -0.39 is 12.1 Å². The Morgan fingerprint density at radius 3 is 2.71 bits per heavy atom. The van der Waals surface area contributed by atoms with Crippen LogP contribution in [0.25, 0.3) is 0 Å². The van der Waals surface area contributed by atoms with Crippen LogP contribution in [0.3, 0.4) is 0 Å². The molecule has 1 amide bonds. The van der Waals surface area contributed by atoms with Crippen molar-refractivity contribution >= 4 is 24.5 Å². The maximum Gasteiger partial charge on any atom is 0.407 e. The van der Waals surface area contributed by atoms with E-state index in [0.29, 0.717) is 0 Å². The number of carbonyl (C=O) groups is 2.